The molecular formula is C50H62O11. The molecule has 61 heavy (non-hydrogen) atoms. The lowest BCUT2D eigenvalue weighted by molar-refractivity contribution is -0.161. The molecule has 6 aliphatic rings. The summed E-state index contributed by atoms with van der Waals surface area (Å²) in [5.41, 5.74) is 3.05. The molecule has 0 aliphatic heterocycles. The first-order valence-corrected chi connectivity index (χ1v) is 21.8. The number of terminal acetylenes is 2. The summed E-state index contributed by atoms with van der Waals surface area (Å²) in [6, 6.07) is 11.7. The Hall–Kier alpha value is -4.84. The predicted molar refractivity (Wildman–Crippen MR) is 227 cm³/mol. The summed E-state index contributed by atoms with van der Waals surface area (Å²) >= 11 is 0. The normalized spacial score (nSPS) is 34.6. The number of carboxylic acids is 1. The number of phenolic OH excluding ortho intramolecular Hbond substituents is 1. The van der Waals surface area contributed by atoms with Gasteiger partial charge in [0.25, 0.3) is 0 Å². The second kappa shape index (κ2) is 17.5. The molecule has 0 aromatic heterocycles. The van der Waals surface area contributed by atoms with Gasteiger partial charge in [-0.2, -0.15) is 0 Å². The molecule has 4 N–H and O–H groups in total. The second-order valence-electron chi connectivity index (χ2n) is 18.8. The molecule has 11 nitrogen and oxygen atoms in total. The first-order valence-electron chi connectivity index (χ1n) is 21.8. The van der Waals surface area contributed by atoms with Crippen LogP contribution < -0.4 is 4.74 Å². The predicted octanol–water partition coefficient (Wildman–Crippen LogP) is 7.40. The van der Waals surface area contributed by atoms with Crippen LogP contribution in [0.2, 0.25) is 0 Å². The van der Waals surface area contributed by atoms with Gasteiger partial charge < -0.3 is 34.6 Å². The van der Waals surface area contributed by atoms with E-state index in [0.29, 0.717) is 53.4 Å². The average Bonchev–Trinajstić information content (AvgIpc) is 3.65. The van der Waals surface area contributed by atoms with Crippen LogP contribution >= 0.6 is 0 Å². The van der Waals surface area contributed by atoms with Gasteiger partial charge in [0.15, 0.2) is 12.2 Å². The number of phenols is 1. The molecule has 6 unspecified atom stereocenters. The first kappa shape index (κ1) is 45.7. The molecule has 4 saturated carbocycles. The Morgan fingerprint density at radius 3 is 1.59 bits per heavy atom. The zero-order valence-corrected chi connectivity index (χ0v) is 36.4. The molecule has 2 aromatic carbocycles. The Morgan fingerprint density at radius 2 is 1.15 bits per heavy atom. The molecule has 0 spiro atoms. The summed E-state index contributed by atoms with van der Waals surface area (Å²) < 4.78 is 14.6. The number of rotatable bonds is 5. The number of aromatic hydroxyl groups is 1. The minimum atomic E-state index is -1.13. The van der Waals surface area contributed by atoms with E-state index >= 15 is 0 Å². The second-order valence-corrected chi connectivity index (χ2v) is 18.8. The SMILES string of the molecule is C#C[C@]1(O)CCC2C3CCc4cc(O)ccc4C3CC[C@@]21C.C#C[C@]1(O)CCC2C3CCc4cc(OC(=O)[C@H](C)OC(C)=O)ccc4C3CC[C@@]21C.CC(=O)O[C@@H](C)C(=O)O. The number of hydrogen-bond donors (Lipinski definition) is 4. The molecule has 8 rings (SSSR count). The Morgan fingerprint density at radius 1 is 0.689 bits per heavy atom. The van der Waals surface area contributed by atoms with Crippen LogP contribution in [0.4, 0.5) is 0 Å². The number of aliphatic hydroxyl groups is 2. The fraction of sp³-hybridized carbons (Fsp3) is 0.600. The molecule has 328 valence electrons. The number of carboxylic acid groups (broad SMARTS) is 1. The van der Waals surface area contributed by atoms with Crippen molar-refractivity contribution in [3.8, 4) is 36.2 Å². The third-order valence-electron chi connectivity index (χ3n) is 15.8. The van der Waals surface area contributed by atoms with Gasteiger partial charge in [-0.05, 0) is 173 Å². The topological polar surface area (TPSA) is 177 Å². The van der Waals surface area contributed by atoms with Crippen molar-refractivity contribution in [1.82, 2.24) is 0 Å². The van der Waals surface area contributed by atoms with Crippen molar-refractivity contribution < 1.29 is 53.8 Å². The minimum Gasteiger partial charge on any atom is -0.508 e. The van der Waals surface area contributed by atoms with E-state index in [9.17, 15) is 34.5 Å². The smallest absolute Gasteiger partial charge is 0.352 e. The summed E-state index contributed by atoms with van der Waals surface area (Å²) in [6.45, 7) is 9.63. The summed E-state index contributed by atoms with van der Waals surface area (Å²) in [6.07, 6.45) is 21.1. The van der Waals surface area contributed by atoms with Gasteiger partial charge >= 0.3 is 23.9 Å². The fourth-order valence-corrected chi connectivity index (χ4v) is 12.5. The zero-order valence-electron chi connectivity index (χ0n) is 36.4. The van der Waals surface area contributed by atoms with Gasteiger partial charge in [-0.1, -0.05) is 37.8 Å². The largest absolute Gasteiger partial charge is 0.508 e. The highest BCUT2D eigenvalue weighted by molar-refractivity contribution is 5.80. The van der Waals surface area contributed by atoms with Gasteiger partial charge in [0.2, 0.25) is 0 Å². The fourth-order valence-electron chi connectivity index (χ4n) is 12.5. The van der Waals surface area contributed by atoms with Crippen LogP contribution in [-0.2, 0) is 41.5 Å². The lowest BCUT2D eigenvalue weighted by Gasteiger charge is -2.52. The van der Waals surface area contributed by atoms with Crippen molar-refractivity contribution in [3.05, 3.63) is 58.7 Å². The number of fused-ring (bicyclic) bond motifs is 10. The molecule has 2 aromatic rings. The highest BCUT2D eigenvalue weighted by Crippen LogP contribution is 2.65. The summed E-state index contributed by atoms with van der Waals surface area (Å²) in [5, 5.41) is 39.8. The molecule has 4 fully saturated rings. The van der Waals surface area contributed by atoms with Crippen molar-refractivity contribution in [1.29, 1.82) is 0 Å². The average molecular weight is 839 g/mol. The molecule has 6 aliphatic carbocycles. The van der Waals surface area contributed by atoms with Gasteiger partial charge in [0, 0.05) is 24.7 Å². The van der Waals surface area contributed by atoms with E-state index in [1.54, 1.807) is 0 Å². The standard InChI is InChI=1S/C25H30O5.C20H24O2.C5H8O4/c1-5-25(28)13-11-22-21-8-6-17-14-18(30-23(27)15(2)29-16(3)26)7-9-19(17)20(21)10-12-24(22,25)4;1-3-20(22)11-9-18-17-6-4-13-12-14(21)5-7-15(13)16(17)8-10-19(18,20)2;1-3(5(7)8)9-4(2)6/h1,7,9,14-15,20-22,28H,6,8,10-13H2,2-4H3;1,5,7,12,16-18,21-22H,4,6,8-11H2,2H3;3H,1-2H3,(H,7,8)/t15-,20?,21?,22?,24-,25-;16?,17?,18?,19-,20-;3-/m000/s1. The highest BCUT2D eigenvalue weighted by atomic mass is 16.6. The summed E-state index contributed by atoms with van der Waals surface area (Å²) in [7, 11) is 0. The maximum absolute atomic E-state index is 12.2. The number of aliphatic carboxylic acids is 1. The summed E-state index contributed by atoms with van der Waals surface area (Å²) in [5.74, 6) is 6.64. The van der Waals surface area contributed by atoms with Gasteiger partial charge in [0.1, 0.15) is 22.7 Å². The third-order valence-corrected chi connectivity index (χ3v) is 15.8. The van der Waals surface area contributed by atoms with Gasteiger partial charge in [-0.3, -0.25) is 9.59 Å². The lowest BCUT2D eigenvalue weighted by atomic mass is 9.53. The van der Waals surface area contributed by atoms with Crippen LogP contribution in [0.3, 0.4) is 0 Å². The number of benzene rings is 2. The third kappa shape index (κ3) is 8.53. The number of carbonyl (C=O) groups excluding carboxylic acids is 3. The van der Waals surface area contributed by atoms with E-state index in [0.717, 1.165) is 70.6 Å². The van der Waals surface area contributed by atoms with Gasteiger partial charge in [0.05, 0.1) is 0 Å². The molecule has 0 heterocycles. The molecule has 0 amide bonds. The zero-order chi connectivity index (χ0) is 44.7. The first-order chi connectivity index (χ1) is 28.7. The van der Waals surface area contributed by atoms with Gasteiger partial charge in [-0.25, -0.2) is 9.59 Å². The van der Waals surface area contributed by atoms with Crippen LogP contribution in [0.1, 0.15) is 140 Å². The van der Waals surface area contributed by atoms with E-state index in [1.165, 1.54) is 49.9 Å². The maximum Gasteiger partial charge on any atom is 0.352 e. The molecular weight excluding hydrogens is 777 g/mol. The van der Waals surface area contributed by atoms with E-state index in [-0.39, 0.29) is 10.8 Å². The van der Waals surface area contributed by atoms with Crippen molar-refractivity contribution in [2.45, 2.75) is 154 Å². The molecule has 0 radical (unpaired) electrons. The van der Waals surface area contributed by atoms with Crippen LogP contribution in [0.15, 0.2) is 36.4 Å². The number of hydrogen-bond acceptors (Lipinski definition) is 10. The van der Waals surface area contributed by atoms with Gasteiger partial charge in [-0.15, -0.1) is 12.8 Å². The quantitative estimate of drug-likeness (QED) is 0.134. The Kier molecular flexibility index (Phi) is 13.1. The molecule has 11 heteroatoms. The van der Waals surface area contributed by atoms with E-state index < -0.39 is 47.3 Å². The molecule has 0 bridgehead atoms. The number of ether oxygens (including phenoxy) is 3. The Labute approximate surface area is 359 Å². The van der Waals surface area contributed by atoms with E-state index in [1.807, 2.05) is 24.3 Å². The van der Waals surface area contributed by atoms with Crippen molar-refractivity contribution in [2.24, 2.45) is 34.5 Å². The van der Waals surface area contributed by atoms with E-state index in [4.69, 9.17) is 27.4 Å². The monoisotopic (exact) mass is 838 g/mol. The van der Waals surface area contributed by atoms with E-state index in [2.05, 4.69) is 42.6 Å². The lowest BCUT2D eigenvalue weighted by Crippen LogP contribution is -2.50. The highest BCUT2D eigenvalue weighted by Gasteiger charge is 2.62. The molecule has 0 saturated heterocycles. The van der Waals surface area contributed by atoms with Crippen LogP contribution in [-0.4, -0.2) is 67.7 Å². The molecule has 12 atom stereocenters. The Balaban J connectivity index is 0.000000175. The minimum absolute atomic E-state index is 0.128. The van der Waals surface area contributed by atoms with Crippen LogP contribution in [0.25, 0.3) is 0 Å². The van der Waals surface area contributed by atoms with Crippen molar-refractivity contribution in [2.75, 3.05) is 0 Å². The van der Waals surface area contributed by atoms with Crippen molar-refractivity contribution in [3.63, 3.8) is 0 Å². The maximum atomic E-state index is 12.2. The van der Waals surface area contributed by atoms with Crippen LogP contribution in [0.5, 0.6) is 11.5 Å². The van der Waals surface area contributed by atoms with Crippen LogP contribution in [0, 0.1) is 59.2 Å². The van der Waals surface area contributed by atoms with Crippen molar-refractivity contribution >= 4 is 23.9 Å². The number of esters is 3. The number of aryl methyl sites for hydroxylation is 2. The number of carbonyl (C=O) groups is 4. The Bertz CT molecular complexity index is 2110. The summed E-state index contributed by atoms with van der Waals surface area (Å²) in [4.78, 5) is 43.2.